The van der Waals surface area contributed by atoms with Gasteiger partial charge in [0.25, 0.3) is 0 Å². The van der Waals surface area contributed by atoms with Gasteiger partial charge in [0.2, 0.25) is 10.0 Å². The number of rotatable bonds is 4. The third-order valence-electron chi connectivity index (χ3n) is 5.36. The van der Waals surface area contributed by atoms with Gasteiger partial charge in [-0.3, -0.25) is 4.79 Å². The van der Waals surface area contributed by atoms with Crippen LogP contribution in [0.1, 0.15) is 16.7 Å². The first-order valence-electron chi connectivity index (χ1n) is 10.3. The molecule has 3 aromatic rings. The van der Waals surface area contributed by atoms with E-state index in [0.717, 1.165) is 16.7 Å². The molecule has 0 spiro atoms. The number of ketones is 1. The summed E-state index contributed by atoms with van der Waals surface area (Å²) >= 11 is 12.0. The normalized spacial score (nSPS) is 17.6. The highest BCUT2D eigenvalue weighted by atomic mass is 35.5. The molecule has 0 atom stereocenters. The van der Waals surface area contributed by atoms with Crippen molar-refractivity contribution in [2.24, 2.45) is 0 Å². The summed E-state index contributed by atoms with van der Waals surface area (Å²) in [6.07, 6.45) is 3.43. The van der Waals surface area contributed by atoms with E-state index in [1.165, 1.54) is 4.31 Å². The van der Waals surface area contributed by atoms with E-state index in [9.17, 15) is 13.2 Å². The van der Waals surface area contributed by atoms with Crippen molar-refractivity contribution in [3.8, 4) is 0 Å². The lowest BCUT2D eigenvalue weighted by Crippen LogP contribution is -2.41. The number of hydrogen-bond donors (Lipinski definition) is 0. The van der Waals surface area contributed by atoms with E-state index in [0.29, 0.717) is 21.2 Å². The summed E-state index contributed by atoms with van der Waals surface area (Å²) in [4.78, 5) is 13.5. The van der Waals surface area contributed by atoms with Gasteiger partial charge in [-0.05, 0) is 66.6 Å². The zero-order valence-corrected chi connectivity index (χ0v) is 20.2. The van der Waals surface area contributed by atoms with Gasteiger partial charge in [-0.25, -0.2) is 8.42 Å². The molecule has 0 N–H and O–H groups in total. The van der Waals surface area contributed by atoms with Crippen LogP contribution in [0.25, 0.3) is 12.2 Å². The van der Waals surface area contributed by atoms with E-state index in [4.69, 9.17) is 23.2 Å². The van der Waals surface area contributed by atoms with Gasteiger partial charge >= 0.3 is 0 Å². The Balaban J connectivity index is 1.77. The first kappa shape index (κ1) is 23.5. The number of aryl methyl sites for hydroxylation is 1. The molecule has 0 amide bonds. The fourth-order valence-corrected chi connectivity index (χ4v) is 5.21. The molecule has 1 aliphatic heterocycles. The second kappa shape index (κ2) is 9.65. The first-order valence-corrected chi connectivity index (χ1v) is 12.5. The number of sulfonamides is 1. The summed E-state index contributed by atoms with van der Waals surface area (Å²) in [7, 11) is -3.81. The van der Waals surface area contributed by atoms with E-state index in [-0.39, 0.29) is 23.8 Å². The second-order valence-corrected chi connectivity index (χ2v) is 10.7. The standard InChI is InChI=1S/C26H21Cl2NO3S/c1-18-2-12-25(13-3-18)33(31,32)29-16-21(14-19-4-8-23(27)9-5-19)26(30)22(17-29)15-20-6-10-24(28)11-7-20/h2-15H,16-17H2,1H3/b21-14+,22-15+. The molecule has 0 bridgehead atoms. The van der Waals surface area contributed by atoms with Crippen molar-refractivity contribution in [1.29, 1.82) is 0 Å². The lowest BCUT2D eigenvalue weighted by atomic mass is 9.95. The Labute approximate surface area is 203 Å². The van der Waals surface area contributed by atoms with E-state index in [1.54, 1.807) is 84.9 Å². The molecule has 0 radical (unpaired) electrons. The molecule has 0 aliphatic carbocycles. The molecule has 168 valence electrons. The Morgan fingerprint density at radius 1 is 0.727 bits per heavy atom. The quantitative estimate of drug-likeness (QED) is 0.412. The lowest BCUT2D eigenvalue weighted by molar-refractivity contribution is -0.113. The summed E-state index contributed by atoms with van der Waals surface area (Å²) < 4.78 is 28.2. The van der Waals surface area contributed by atoms with Gasteiger partial charge in [-0.15, -0.1) is 0 Å². The van der Waals surface area contributed by atoms with Crippen molar-refractivity contribution in [1.82, 2.24) is 4.31 Å². The van der Waals surface area contributed by atoms with Gasteiger partial charge in [0, 0.05) is 34.3 Å². The fourth-order valence-electron chi connectivity index (χ4n) is 3.56. The number of hydrogen-bond acceptors (Lipinski definition) is 3. The van der Waals surface area contributed by atoms with Crippen LogP contribution < -0.4 is 0 Å². The second-order valence-electron chi connectivity index (χ2n) is 7.86. The zero-order valence-electron chi connectivity index (χ0n) is 17.8. The highest BCUT2D eigenvalue weighted by Gasteiger charge is 2.34. The van der Waals surface area contributed by atoms with E-state index >= 15 is 0 Å². The van der Waals surface area contributed by atoms with E-state index < -0.39 is 10.0 Å². The zero-order chi connectivity index (χ0) is 23.6. The molecule has 0 saturated carbocycles. The Morgan fingerprint density at radius 3 is 1.58 bits per heavy atom. The summed E-state index contributed by atoms with van der Waals surface area (Å²) in [5, 5.41) is 1.16. The van der Waals surface area contributed by atoms with Crippen molar-refractivity contribution in [2.75, 3.05) is 13.1 Å². The number of piperidine rings is 1. The van der Waals surface area contributed by atoms with Gasteiger partial charge in [0.15, 0.2) is 5.78 Å². The summed E-state index contributed by atoms with van der Waals surface area (Å²) in [5.41, 5.74) is 3.28. The topological polar surface area (TPSA) is 54.5 Å². The minimum absolute atomic E-state index is 0.0182. The van der Waals surface area contributed by atoms with Crippen LogP contribution in [0.15, 0.2) is 88.8 Å². The molecule has 4 nitrogen and oxygen atoms in total. The Hall–Kier alpha value is -2.70. The van der Waals surface area contributed by atoms with Gasteiger partial charge in [0.1, 0.15) is 0 Å². The molecule has 0 aromatic heterocycles. The van der Waals surface area contributed by atoms with Crippen LogP contribution in [0, 0.1) is 6.92 Å². The Bertz CT molecular complexity index is 1270. The molecule has 33 heavy (non-hydrogen) atoms. The predicted molar refractivity (Wildman–Crippen MR) is 134 cm³/mol. The van der Waals surface area contributed by atoms with Crippen molar-refractivity contribution in [2.45, 2.75) is 11.8 Å². The molecule has 4 rings (SSSR count). The third kappa shape index (κ3) is 5.45. The van der Waals surface area contributed by atoms with Crippen LogP contribution in [-0.4, -0.2) is 31.6 Å². The average Bonchev–Trinajstić information content (AvgIpc) is 2.79. The lowest BCUT2D eigenvalue weighted by Gasteiger charge is -2.29. The molecule has 7 heteroatoms. The molecular weight excluding hydrogens is 477 g/mol. The number of carbonyl (C=O) groups excluding carboxylic acids is 1. The summed E-state index contributed by atoms with van der Waals surface area (Å²) in [6, 6.07) is 20.8. The van der Waals surface area contributed by atoms with E-state index in [1.807, 2.05) is 6.92 Å². The van der Waals surface area contributed by atoms with Crippen molar-refractivity contribution < 1.29 is 13.2 Å². The Morgan fingerprint density at radius 2 is 1.15 bits per heavy atom. The molecule has 1 fully saturated rings. The smallest absolute Gasteiger partial charge is 0.243 e. The monoisotopic (exact) mass is 497 g/mol. The van der Waals surface area contributed by atoms with Crippen LogP contribution >= 0.6 is 23.2 Å². The van der Waals surface area contributed by atoms with Gasteiger partial charge in [-0.1, -0.05) is 65.2 Å². The maximum absolute atomic E-state index is 13.4. The van der Waals surface area contributed by atoms with Crippen LogP contribution in [0.2, 0.25) is 10.0 Å². The minimum Gasteiger partial charge on any atom is -0.289 e. The summed E-state index contributed by atoms with van der Waals surface area (Å²) in [6.45, 7) is 1.86. The molecule has 0 unspecified atom stereocenters. The van der Waals surface area contributed by atoms with Crippen LogP contribution in [0.5, 0.6) is 0 Å². The fraction of sp³-hybridized carbons (Fsp3) is 0.115. The van der Waals surface area contributed by atoms with Crippen LogP contribution in [0.4, 0.5) is 0 Å². The molecule has 1 aliphatic rings. The molecular formula is C26H21Cl2NO3S. The third-order valence-corrected chi connectivity index (χ3v) is 7.67. The summed E-state index contributed by atoms with van der Waals surface area (Å²) in [5.74, 6) is -0.185. The Kier molecular flexibility index (Phi) is 6.86. The SMILES string of the molecule is Cc1ccc(S(=O)(=O)N2C/C(=C\c3ccc(Cl)cc3)C(=O)/C(=C/c3ccc(Cl)cc3)C2)cc1. The number of halogens is 2. The highest BCUT2D eigenvalue weighted by Crippen LogP contribution is 2.27. The van der Waals surface area contributed by atoms with Crippen molar-refractivity contribution in [3.63, 3.8) is 0 Å². The van der Waals surface area contributed by atoms with Gasteiger partial charge in [0.05, 0.1) is 4.90 Å². The average molecular weight is 498 g/mol. The molecule has 1 saturated heterocycles. The maximum atomic E-state index is 13.4. The van der Waals surface area contributed by atoms with Crippen molar-refractivity contribution >= 4 is 51.2 Å². The number of nitrogens with zero attached hydrogens (tertiary/aromatic N) is 1. The van der Waals surface area contributed by atoms with Gasteiger partial charge in [-0.2, -0.15) is 4.31 Å². The highest BCUT2D eigenvalue weighted by molar-refractivity contribution is 7.89. The van der Waals surface area contributed by atoms with Gasteiger partial charge < -0.3 is 0 Å². The largest absolute Gasteiger partial charge is 0.289 e. The predicted octanol–water partition coefficient (Wildman–Crippen LogP) is 6.04. The molecule has 1 heterocycles. The van der Waals surface area contributed by atoms with Crippen LogP contribution in [-0.2, 0) is 14.8 Å². The van der Waals surface area contributed by atoms with E-state index in [2.05, 4.69) is 0 Å². The minimum atomic E-state index is -3.81. The molecule has 3 aromatic carbocycles. The maximum Gasteiger partial charge on any atom is 0.243 e. The number of carbonyl (C=O) groups is 1. The number of benzene rings is 3. The first-order chi connectivity index (χ1) is 15.7. The van der Waals surface area contributed by atoms with Crippen molar-refractivity contribution in [3.05, 3.63) is 111 Å². The van der Waals surface area contributed by atoms with Crippen LogP contribution in [0.3, 0.4) is 0 Å². The number of Topliss-reactive ketones (excluding diaryl/α,β-unsaturated/α-hetero) is 1.